The minimum Gasteiger partial charge on any atom is -0.326 e. The lowest BCUT2D eigenvalue weighted by Gasteiger charge is -2.15. The largest absolute Gasteiger partial charge is 0.326 e. The predicted octanol–water partition coefficient (Wildman–Crippen LogP) is 1.23. The Morgan fingerprint density at radius 3 is 2.92 bits per heavy atom. The Morgan fingerprint density at radius 2 is 2.21 bits per heavy atom. The molecule has 2 amide bonds. The molecule has 128 valence electrons. The second-order valence-corrected chi connectivity index (χ2v) is 6.75. The maximum Gasteiger partial charge on any atom is 0.324 e. The van der Waals surface area contributed by atoms with Gasteiger partial charge in [0.05, 0.1) is 23.6 Å². The first-order valence-electron chi connectivity index (χ1n) is 8.40. The summed E-state index contributed by atoms with van der Waals surface area (Å²) in [5.41, 5.74) is 3.07. The molecule has 0 aromatic carbocycles. The Hall–Kier alpha value is -2.35. The average molecular weight is 329 g/mol. The summed E-state index contributed by atoms with van der Waals surface area (Å²) in [5.74, 6) is 0. The molecule has 0 radical (unpaired) electrons. The highest BCUT2D eigenvalue weighted by molar-refractivity contribution is 5.93. The number of hydrogen-bond acceptors (Lipinski definition) is 4. The number of rotatable bonds is 4. The zero-order chi connectivity index (χ0) is 16.7. The van der Waals surface area contributed by atoms with Crippen LogP contribution in [0.15, 0.2) is 18.5 Å². The number of nitrogens with zero attached hydrogens (tertiary/aromatic N) is 6. The number of aromatic nitrogens is 4. The van der Waals surface area contributed by atoms with Crippen molar-refractivity contribution >= 4 is 11.7 Å². The van der Waals surface area contributed by atoms with Crippen LogP contribution in [0.25, 0.3) is 0 Å². The standard InChI is InChI=1S/C16H23N7O/c1-12-7-13(19-18-12)9-21-4-3-14(10-21)23-11-15(8-17-23)22-6-5-20(2)16(22)24/h7-8,11,14H,3-6,9-10H2,1-2H3,(H,18,19). The number of aryl methyl sites for hydroxylation is 1. The van der Waals surface area contributed by atoms with Gasteiger partial charge in [-0.3, -0.25) is 19.6 Å². The van der Waals surface area contributed by atoms with Gasteiger partial charge in [-0.05, 0) is 19.4 Å². The van der Waals surface area contributed by atoms with E-state index in [9.17, 15) is 4.79 Å². The first kappa shape index (κ1) is 15.2. The average Bonchev–Trinajstić information content (AvgIpc) is 3.31. The van der Waals surface area contributed by atoms with Gasteiger partial charge < -0.3 is 4.90 Å². The number of nitrogens with one attached hydrogen (secondary N) is 1. The van der Waals surface area contributed by atoms with Crippen LogP contribution in [-0.2, 0) is 6.54 Å². The van der Waals surface area contributed by atoms with Gasteiger partial charge in [-0.25, -0.2) is 4.79 Å². The molecular formula is C16H23N7O. The number of carbonyl (C=O) groups excluding carboxylic acids is 1. The number of urea groups is 1. The molecule has 2 aromatic heterocycles. The zero-order valence-corrected chi connectivity index (χ0v) is 14.1. The number of hydrogen-bond donors (Lipinski definition) is 1. The molecule has 1 unspecified atom stereocenters. The van der Waals surface area contributed by atoms with Crippen LogP contribution in [0.5, 0.6) is 0 Å². The first-order valence-corrected chi connectivity index (χ1v) is 8.40. The quantitative estimate of drug-likeness (QED) is 0.916. The molecule has 2 aliphatic rings. The lowest BCUT2D eigenvalue weighted by Crippen LogP contribution is -2.28. The summed E-state index contributed by atoms with van der Waals surface area (Å²) < 4.78 is 2.01. The summed E-state index contributed by atoms with van der Waals surface area (Å²) >= 11 is 0. The molecule has 0 saturated carbocycles. The third-order valence-electron chi connectivity index (χ3n) is 4.88. The Balaban J connectivity index is 1.40. The molecule has 0 aliphatic carbocycles. The summed E-state index contributed by atoms with van der Waals surface area (Å²) in [7, 11) is 1.83. The van der Waals surface area contributed by atoms with Crippen molar-refractivity contribution in [3.8, 4) is 0 Å². The topological polar surface area (TPSA) is 73.3 Å². The molecule has 1 N–H and O–H groups in total. The highest BCUT2D eigenvalue weighted by Crippen LogP contribution is 2.26. The molecule has 0 spiro atoms. The molecule has 2 fully saturated rings. The number of anilines is 1. The maximum absolute atomic E-state index is 12.1. The molecule has 2 saturated heterocycles. The predicted molar refractivity (Wildman–Crippen MR) is 89.9 cm³/mol. The monoisotopic (exact) mass is 329 g/mol. The molecule has 4 rings (SSSR count). The lowest BCUT2D eigenvalue weighted by molar-refractivity contribution is 0.229. The van der Waals surface area contributed by atoms with E-state index < -0.39 is 0 Å². The van der Waals surface area contributed by atoms with Gasteiger partial charge in [0.25, 0.3) is 0 Å². The van der Waals surface area contributed by atoms with E-state index in [-0.39, 0.29) is 6.03 Å². The lowest BCUT2D eigenvalue weighted by atomic mass is 10.3. The van der Waals surface area contributed by atoms with Crippen LogP contribution < -0.4 is 4.90 Å². The van der Waals surface area contributed by atoms with Crippen LogP contribution in [0.4, 0.5) is 10.5 Å². The molecule has 8 heteroatoms. The fourth-order valence-corrected chi connectivity index (χ4v) is 3.51. The van der Waals surface area contributed by atoms with Crippen molar-refractivity contribution < 1.29 is 4.79 Å². The van der Waals surface area contributed by atoms with E-state index in [1.165, 1.54) is 0 Å². The van der Waals surface area contributed by atoms with Crippen LogP contribution in [0.3, 0.4) is 0 Å². The Labute approximate surface area is 141 Å². The minimum atomic E-state index is 0.0523. The molecule has 4 heterocycles. The SMILES string of the molecule is Cc1cc(CN2CCC(n3cc(N4CCN(C)C4=O)cn3)C2)n[nH]1. The van der Waals surface area contributed by atoms with Crippen molar-refractivity contribution in [3.63, 3.8) is 0 Å². The van der Waals surface area contributed by atoms with Crippen molar-refractivity contribution in [2.45, 2.75) is 25.9 Å². The van der Waals surface area contributed by atoms with E-state index >= 15 is 0 Å². The minimum absolute atomic E-state index is 0.0523. The normalized spacial score (nSPS) is 22.1. The summed E-state index contributed by atoms with van der Waals surface area (Å²) in [4.78, 5) is 18.0. The molecule has 8 nitrogen and oxygen atoms in total. The molecule has 24 heavy (non-hydrogen) atoms. The highest BCUT2D eigenvalue weighted by atomic mass is 16.2. The Morgan fingerprint density at radius 1 is 1.33 bits per heavy atom. The Kier molecular flexibility index (Phi) is 3.76. The van der Waals surface area contributed by atoms with Crippen molar-refractivity contribution in [3.05, 3.63) is 29.8 Å². The number of aromatic amines is 1. The number of likely N-dealkylation sites (tertiary alicyclic amines) is 1. The second-order valence-electron chi connectivity index (χ2n) is 6.75. The number of likely N-dealkylation sites (N-methyl/N-ethyl adjacent to an activating group) is 1. The second kappa shape index (κ2) is 5.94. The van der Waals surface area contributed by atoms with Crippen LogP contribution >= 0.6 is 0 Å². The van der Waals surface area contributed by atoms with Gasteiger partial charge in [-0.2, -0.15) is 10.2 Å². The van der Waals surface area contributed by atoms with Crippen LogP contribution in [0.2, 0.25) is 0 Å². The highest BCUT2D eigenvalue weighted by Gasteiger charge is 2.29. The zero-order valence-electron chi connectivity index (χ0n) is 14.1. The summed E-state index contributed by atoms with van der Waals surface area (Å²) in [6, 6.07) is 2.50. The van der Waals surface area contributed by atoms with Gasteiger partial charge in [-0.1, -0.05) is 0 Å². The fraction of sp³-hybridized carbons (Fsp3) is 0.562. The van der Waals surface area contributed by atoms with Gasteiger partial charge in [0.2, 0.25) is 0 Å². The first-order chi connectivity index (χ1) is 11.6. The van der Waals surface area contributed by atoms with E-state index in [1.54, 1.807) is 16.0 Å². The third kappa shape index (κ3) is 2.77. The fourth-order valence-electron chi connectivity index (χ4n) is 3.51. The smallest absolute Gasteiger partial charge is 0.324 e. The summed E-state index contributed by atoms with van der Waals surface area (Å²) in [6.45, 7) is 6.38. The van der Waals surface area contributed by atoms with Crippen LogP contribution in [0.1, 0.15) is 23.9 Å². The number of H-pyrrole nitrogens is 1. The summed E-state index contributed by atoms with van der Waals surface area (Å²) in [6.07, 6.45) is 4.87. The van der Waals surface area contributed by atoms with E-state index in [0.29, 0.717) is 6.04 Å². The van der Waals surface area contributed by atoms with Crippen molar-refractivity contribution in [1.29, 1.82) is 0 Å². The molecule has 0 bridgehead atoms. The van der Waals surface area contributed by atoms with Gasteiger partial charge in [0.15, 0.2) is 0 Å². The van der Waals surface area contributed by atoms with Crippen molar-refractivity contribution in [2.75, 3.05) is 38.1 Å². The van der Waals surface area contributed by atoms with Crippen molar-refractivity contribution in [2.24, 2.45) is 0 Å². The van der Waals surface area contributed by atoms with Crippen LogP contribution in [0, 0.1) is 6.92 Å². The van der Waals surface area contributed by atoms with Crippen molar-refractivity contribution in [1.82, 2.24) is 29.8 Å². The number of carbonyl (C=O) groups is 1. The molecule has 2 aliphatic heterocycles. The third-order valence-corrected chi connectivity index (χ3v) is 4.88. The molecule has 1 atom stereocenters. The van der Waals surface area contributed by atoms with E-state index in [0.717, 1.165) is 56.2 Å². The maximum atomic E-state index is 12.1. The van der Waals surface area contributed by atoms with Gasteiger partial charge in [0, 0.05) is 51.7 Å². The Bertz CT molecular complexity index is 736. The van der Waals surface area contributed by atoms with E-state index in [2.05, 4.69) is 26.3 Å². The van der Waals surface area contributed by atoms with Gasteiger partial charge in [-0.15, -0.1) is 0 Å². The summed E-state index contributed by atoms with van der Waals surface area (Å²) in [5, 5.41) is 11.8. The number of amides is 2. The van der Waals surface area contributed by atoms with Gasteiger partial charge >= 0.3 is 6.03 Å². The van der Waals surface area contributed by atoms with Gasteiger partial charge in [0.1, 0.15) is 0 Å². The molecular weight excluding hydrogens is 306 g/mol. The van der Waals surface area contributed by atoms with E-state index in [1.807, 2.05) is 24.9 Å². The molecule has 2 aromatic rings. The van der Waals surface area contributed by atoms with E-state index in [4.69, 9.17) is 0 Å². The van der Waals surface area contributed by atoms with Crippen LogP contribution in [-0.4, -0.2) is 69.0 Å².